The lowest BCUT2D eigenvalue weighted by Crippen LogP contribution is -2.37. The van der Waals surface area contributed by atoms with Crippen LogP contribution in [0.25, 0.3) is 0 Å². The molecule has 3 rings (SSSR count). The third-order valence-electron chi connectivity index (χ3n) is 5.53. The van der Waals surface area contributed by atoms with Gasteiger partial charge in [0.05, 0.1) is 14.2 Å². The number of hydrogen-bond donors (Lipinski definition) is 0. The molecule has 0 aromatic heterocycles. The number of carbonyl (C=O) groups is 2. The highest BCUT2D eigenvalue weighted by atomic mass is 32.2. The number of allylic oxidation sites excluding steroid dienone is 2. The van der Waals surface area contributed by atoms with E-state index in [1.807, 2.05) is 19.1 Å². The quantitative estimate of drug-likeness (QED) is 0.454. The van der Waals surface area contributed by atoms with Crippen molar-refractivity contribution in [1.29, 1.82) is 0 Å². The smallest absolute Gasteiger partial charge is 0.315 e. The van der Waals surface area contributed by atoms with Crippen LogP contribution >= 0.6 is 11.8 Å². The maximum Gasteiger partial charge on any atom is 0.315 e. The van der Waals surface area contributed by atoms with Crippen LogP contribution in [0.2, 0.25) is 0 Å². The summed E-state index contributed by atoms with van der Waals surface area (Å²) in [6.07, 6.45) is 1.97. The lowest BCUT2D eigenvalue weighted by Gasteiger charge is -2.35. The van der Waals surface area contributed by atoms with Gasteiger partial charge >= 0.3 is 5.97 Å². The van der Waals surface area contributed by atoms with Crippen molar-refractivity contribution in [3.05, 3.63) is 35.0 Å². The second-order valence-electron chi connectivity index (χ2n) is 7.29. The largest absolute Gasteiger partial charge is 0.493 e. The zero-order valence-corrected chi connectivity index (χ0v) is 18.8. The van der Waals surface area contributed by atoms with Gasteiger partial charge < -0.3 is 14.2 Å². The van der Waals surface area contributed by atoms with Crippen molar-refractivity contribution in [2.75, 3.05) is 32.3 Å². The topological polar surface area (TPSA) is 74.2 Å². The number of thioether (sulfide) groups is 1. The minimum atomic E-state index is -0.668. The Kier molecular flexibility index (Phi) is 7.58. The van der Waals surface area contributed by atoms with Crippen LogP contribution in [0, 0.1) is 5.92 Å². The first-order valence-corrected chi connectivity index (χ1v) is 11.5. The number of carbonyl (C=O) groups excluding carboxylic acids is 2. The number of aliphatic imine (C=N–C) groups is 1. The van der Waals surface area contributed by atoms with Crippen molar-refractivity contribution in [2.45, 2.75) is 39.0 Å². The maximum absolute atomic E-state index is 13.2. The number of ketones is 1. The van der Waals surface area contributed by atoms with Gasteiger partial charge in [-0.2, -0.15) is 11.8 Å². The molecule has 0 bridgehead atoms. The first kappa shape index (κ1) is 22.4. The van der Waals surface area contributed by atoms with Crippen LogP contribution in [0.15, 0.2) is 34.5 Å². The fourth-order valence-electron chi connectivity index (χ4n) is 4.24. The molecule has 0 N–H and O–H groups in total. The van der Waals surface area contributed by atoms with Crippen molar-refractivity contribution < 1.29 is 23.8 Å². The summed E-state index contributed by atoms with van der Waals surface area (Å²) in [6, 6.07) is 5.55. The van der Waals surface area contributed by atoms with Crippen LogP contribution in [0.3, 0.4) is 0 Å². The van der Waals surface area contributed by atoms with Gasteiger partial charge in [-0.3, -0.25) is 14.6 Å². The molecule has 6 nitrogen and oxygen atoms in total. The summed E-state index contributed by atoms with van der Waals surface area (Å²) in [5.41, 5.74) is 2.82. The summed E-state index contributed by atoms with van der Waals surface area (Å²) in [6.45, 7) is 4.25. The first-order valence-electron chi connectivity index (χ1n) is 10.3. The van der Waals surface area contributed by atoms with Crippen molar-refractivity contribution in [3.63, 3.8) is 0 Å². The van der Waals surface area contributed by atoms with Crippen molar-refractivity contribution >= 4 is 29.2 Å². The summed E-state index contributed by atoms with van der Waals surface area (Å²) in [4.78, 5) is 30.8. The third kappa shape index (κ3) is 4.41. The van der Waals surface area contributed by atoms with Crippen LogP contribution in [-0.2, 0) is 14.3 Å². The summed E-state index contributed by atoms with van der Waals surface area (Å²) < 4.78 is 16.7. The average Bonchev–Trinajstić information content (AvgIpc) is 2.75. The maximum atomic E-state index is 13.2. The van der Waals surface area contributed by atoms with Gasteiger partial charge in [-0.15, -0.1) is 0 Å². The number of esters is 1. The highest BCUT2D eigenvalue weighted by Gasteiger charge is 2.44. The molecule has 1 heterocycles. The molecule has 7 heteroatoms. The summed E-state index contributed by atoms with van der Waals surface area (Å²) in [5, 5.41) is 0. The Bertz CT molecular complexity index is 876. The second-order valence-corrected chi connectivity index (χ2v) is 8.69. The highest BCUT2D eigenvalue weighted by Crippen LogP contribution is 2.48. The molecule has 30 heavy (non-hydrogen) atoms. The number of methoxy groups -OCH3 is 2. The molecule has 2 atom stereocenters. The molecular weight excluding hydrogens is 402 g/mol. The Morgan fingerprint density at radius 3 is 2.73 bits per heavy atom. The van der Waals surface area contributed by atoms with Crippen LogP contribution in [0.1, 0.15) is 44.6 Å². The minimum absolute atomic E-state index is 0.0433. The van der Waals surface area contributed by atoms with Crippen LogP contribution in [0.5, 0.6) is 11.5 Å². The SMILES string of the molecule is CCSCCOC(=O)C1C(C)=NC2=C(C(=O)CCC2)[C@H]1c1cccc(OC)c1OC. The average molecular weight is 432 g/mol. The molecule has 1 aliphatic heterocycles. The Hall–Kier alpha value is -2.28. The summed E-state index contributed by atoms with van der Waals surface area (Å²) in [7, 11) is 3.14. The van der Waals surface area contributed by atoms with E-state index in [9.17, 15) is 9.59 Å². The van der Waals surface area contributed by atoms with E-state index in [4.69, 9.17) is 14.2 Å². The molecule has 1 unspecified atom stereocenters. The molecule has 162 valence electrons. The summed E-state index contributed by atoms with van der Waals surface area (Å²) in [5.74, 6) is 1.33. The predicted molar refractivity (Wildman–Crippen MR) is 119 cm³/mol. The highest BCUT2D eigenvalue weighted by molar-refractivity contribution is 7.99. The van der Waals surface area contributed by atoms with Gasteiger partial charge in [-0.1, -0.05) is 19.1 Å². The van der Waals surface area contributed by atoms with E-state index < -0.39 is 11.8 Å². The van der Waals surface area contributed by atoms with E-state index in [1.165, 1.54) is 0 Å². The Balaban J connectivity index is 2.08. The molecule has 0 radical (unpaired) electrons. The molecule has 2 aliphatic rings. The Morgan fingerprint density at radius 2 is 2.03 bits per heavy atom. The van der Waals surface area contributed by atoms with Gasteiger partial charge in [-0.25, -0.2) is 0 Å². The molecule has 1 aliphatic carbocycles. The third-order valence-corrected chi connectivity index (χ3v) is 6.40. The molecule has 0 spiro atoms. The number of hydrogen-bond acceptors (Lipinski definition) is 7. The van der Waals surface area contributed by atoms with Crippen molar-refractivity contribution in [1.82, 2.24) is 0 Å². The Morgan fingerprint density at radius 1 is 1.23 bits per heavy atom. The van der Waals surface area contributed by atoms with Crippen LogP contribution in [-0.4, -0.2) is 49.8 Å². The van der Waals surface area contributed by atoms with E-state index in [0.29, 0.717) is 35.8 Å². The second kappa shape index (κ2) is 10.2. The number of nitrogens with zero attached hydrogens (tertiary/aromatic N) is 1. The number of para-hydroxylation sites is 1. The zero-order chi connectivity index (χ0) is 21.7. The normalized spacial score (nSPS) is 21.1. The van der Waals surface area contributed by atoms with Gasteiger partial charge in [0.1, 0.15) is 12.5 Å². The van der Waals surface area contributed by atoms with E-state index in [0.717, 1.165) is 35.6 Å². The predicted octanol–water partition coefficient (Wildman–Crippen LogP) is 4.18. The van der Waals surface area contributed by atoms with E-state index in [-0.39, 0.29) is 11.8 Å². The first-order chi connectivity index (χ1) is 14.5. The molecule has 0 fully saturated rings. The van der Waals surface area contributed by atoms with Crippen LogP contribution in [0.4, 0.5) is 0 Å². The number of benzene rings is 1. The van der Waals surface area contributed by atoms with E-state index in [2.05, 4.69) is 11.9 Å². The van der Waals surface area contributed by atoms with Crippen molar-refractivity contribution in [3.8, 4) is 11.5 Å². The molecule has 1 aromatic carbocycles. The summed E-state index contributed by atoms with van der Waals surface area (Å²) >= 11 is 1.72. The Labute approximate surface area is 182 Å². The fraction of sp³-hybridized carbons (Fsp3) is 0.522. The molecular formula is C23H29NO5S. The number of Topliss-reactive ketones (excluding diaryl/α,β-unsaturated/α-hetero) is 1. The van der Waals surface area contributed by atoms with E-state index in [1.54, 1.807) is 32.0 Å². The van der Waals surface area contributed by atoms with Crippen LogP contribution < -0.4 is 9.47 Å². The van der Waals surface area contributed by atoms with Crippen molar-refractivity contribution in [2.24, 2.45) is 10.9 Å². The lowest BCUT2D eigenvalue weighted by molar-refractivity contribution is -0.145. The molecule has 0 amide bonds. The van der Waals surface area contributed by atoms with E-state index >= 15 is 0 Å². The number of rotatable bonds is 8. The van der Waals surface area contributed by atoms with Gasteiger partial charge in [0.25, 0.3) is 0 Å². The lowest BCUT2D eigenvalue weighted by atomic mass is 9.71. The standard InChI is InChI=1S/C23H29NO5S/c1-5-30-13-12-29-23(26)19-14(2)24-16-9-7-10-17(25)21(16)20(19)15-8-6-11-18(27-3)22(15)28-4/h6,8,11,19-20H,5,7,9-10,12-13H2,1-4H3/t19?,20-/m0/s1. The molecule has 0 saturated carbocycles. The van der Waals surface area contributed by atoms with Gasteiger partial charge in [0.15, 0.2) is 17.3 Å². The molecule has 1 aromatic rings. The van der Waals surface area contributed by atoms with Gasteiger partial charge in [0, 0.05) is 40.6 Å². The number of ether oxygens (including phenoxy) is 3. The zero-order valence-electron chi connectivity index (χ0n) is 18.0. The van der Waals surface area contributed by atoms with Gasteiger partial charge in [-0.05, 0) is 31.6 Å². The monoisotopic (exact) mass is 431 g/mol. The minimum Gasteiger partial charge on any atom is -0.493 e. The molecule has 0 saturated heterocycles. The van der Waals surface area contributed by atoms with Gasteiger partial charge in [0.2, 0.25) is 0 Å². The fourth-order valence-corrected chi connectivity index (χ4v) is 4.73.